The summed E-state index contributed by atoms with van der Waals surface area (Å²) in [6, 6.07) is 21.6. The maximum absolute atomic E-state index is 12.7. The molecule has 1 aliphatic rings. The van der Waals surface area contributed by atoms with Gasteiger partial charge in [0.05, 0.1) is 10.0 Å². The van der Waals surface area contributed by atoms with E-state index in [0.29, 0.717) is 57.5 Å². The van der Waals surface area contributed by atoms with Crippen molar-refractivity contribution in [2.24, 2.45) is 0 Å². The van der Waals surface area contributed by atoms with Gasteiger partial charge in [-0.1, -0.05) is 53.5 Å². The van der Waals surface area contributed by atoms with Gasteiger partial charge in [-0.2, -0.15) is 0 Å². The maximum atomic E-state index is 12.7. The molecule has 0 aliphatic carbocycles. The Kier molecular flexibility index (Phi) is 5.52. The molecule has 7 heteroatoms. The van der Waals surface area contributed by atoms with E-state index in [4.69, 9.17) is 37.4 Å². The Hall–Kier alpha value is -3.41. The Labute approximate surface area is 194 Å². The molecule has 1 aliphatic heterocycles. The summed E-state index contributed by atoms with van der Waals surface area (Å²) in [5.41, 5.74) is 0.987. The lowest BCUT2D eigenvalue weighted by atomic mass is 10.1. The number of anilines is 1. The van der Waals surface area contributed by atoms with E-state index in [1.54, 1.807) is 42.5 Å². The maximum Gasteiger partial charge on any atom is 0.255 e. The molecule has 0 radical (unpaired) electrons. The van der Waals surface area contributed by atoms with E-state index in [-0.39, 0.29) is 5.91 Å². The first-order valence-electron chi connectivity index (χ1n) is 9.94. The molecule has 5 nitrogen and oxygen atoms in total. The molecule has 0 saturated heterocycles. The zero-order valence-electron chi connectivity index (χ0n) is 16.7. The highest BCUT2D eigenvalue weighted by atomic mass is 35.5. The number of hydrogen-bond donors (Lipinski definition) is 1. The second-order valence-corrected chi connectivity index (χ2v) is 7.94. The molecule has 5 rings (SSSR count). The molecule has 1 heterocycles. The molecule has 32 heavy (non-hydrogen) atoms. The molecule has 1 amide bonds. The third kappa shape index (κ3) is 4.05. The Morgan fingerprint density at radius 1 is 0.844 bits per heavy atom. The van der Waals surface area contributed by atoms with Crippen LogP contribution in [0.2, 0.25) is 10.0 Å². The van der Waals surface area contributed by atoms with Crippen LogP contribution in [0, 0.1) is 0 Å². The zero-order chi connectivity index (χ0) is 22.1. The third-order valence-electron chi connectivity index (χ3n) is 5.04. The zero-order valence-corrected chi connectivity index (χ0v) is 18.2. The minimum atomic E-state index is -0.288. The fourth-order valence-electron chi connectivity index (χ4n) is 3.46. The lowest BCUT2D eigenvalue weighted by Gasteiger charge is -2.18. The van der Waals surface area contributed by atoms with Crippen LogP contribution in [-0.4, -0.2) is 19.1 Å². The van der Waals surface area contributed by atoms with Crippen LogP contribution in [0.15, 0.2) is 72.8 Å². The smallest absolute Gasteiger partial charge is 0.255 e. The Balaban J connectivity index is 1.33. The van der Waals surface area contributed by atoms with Crippen LogP contribution in [0.1, 0.15) is 10.4 Å². The van der Waals surface area contributed by atoms with Crippen molar-refractivity contribution in [1.29, 1.82) is 0 Å². The highest BCUT2D eigenvalue weighted by molar-refractivity contribution is 6.37. The second kappa shape index (κ2) is 8.61. The molecule has 160 valence electrons. The molecule has 0 spiro atoms. The normalized spacial score (nSPS) is 12.4. The first-order valence-corrected chi connectivity index (χ1v) is 10.7. The number of rotatable bonds is 4. The van der Waals surface area contributed by atoms with E-state index in [9.17, 15) is 4.79 Å². The van der Waals surface area contributed by atoms with Crippen molar-refractivity contribution < 1.29 is 19.0 Å². The number of nitrogens with one attached hydrogen (secondary N) is 1. The summed E-state index contributed by atoms with van der Waals surface area (Å²) >= 11 is 12.9. The van der Waals surface area contributed by atoms with Crippen molar-refractivity contribution in [3.05, 3.63) is 88.4 Å². The average Bonchev–Trinajstić information content (AvgIpc) is 2.82. The molecule has 0 atom stereocenters. The van der Waals surface area contributed by atoms with Gasteiger partial charge in [0.2, 0.25) is 0 Å². The summed E-state index contributed by atoms with van der Waals surface area (Å²) in [5.74, 6) is 1.83. The highest BCUT2D eigenvalue weighted by Gasteiger charge is 2.16. The molecule has 0 saturated carbocycles. The summed E-state index contributed by atoms with van der Waals surface area (Å²) < 4.78 is 17.0. The van der Waals surface area contributed by atoms with Gasteiger partial charge in [0.15, 0.2) is 11.5 Å². The van der Waals surface area contributed by atoms with Crippen LogP contribution in [-0.2, 0) is 0 Å². The largest absolute Gasteiger partial charge is 0.486 e. The minimum Gasteiger partial charge on any atom is -0.486 e. The predicted molar refractivity (Wildman–Crippen MR) is 126 cm³/mol. The monoisotopic (exact) mass is 465 g/mol. The fourth-order valence-corrected chi connectivity index (χ4v) is 3.95. The number of amides is 1. The first kappa shape index (κ1) is 20.5. The van der Waals surface area contributed by atoms with Crippen molar-refractivity contribution in [1.82, 2.24) is 0 Å². The van der Waals surface area contributed by atoms with Crippen LogP contribution < -0.4 is 19.5 Å². The summed E-state index contributed by atoms with van der Waals surface area (Å²) in [6.07, 6.45) is 0. The van der Waals surface area contributed by atoms with Gasteiger partial charge < -0.3 is 19.5 Å². The standard InChI is InChI=1S/C25H17Cl2NO4/c26-19-14-17(28-25(29)16-6-8-21-23(13-16)31-12-11-30-21)7-10-20(19)32-22-9-5-15-3-1-2-4-18(15)24(22)27/h1-10,13-14H,11-12H2,(H,28,29). The van der Waals surface area contributed by atoms with E-state index >= 15 is 0 Å². The van der Waals surface area contributed by atoms with Crippen molar-refractivity contribution >= 4 is 45.6 Å². The molecule has 4 aromatic carbocycles. The average molecular weight is 466 g/mol. The van der Waals surface area contributed by atoms with Crippen molar-refractivity contribution in [2.75, 3.05) is 18.5 Å². The van der Waals surface area contributed by atoms with Crippen molar-refractivity contribution in [3.63, 3.8) is 0 Å². The molecule has 0 aromatic heterocycles. The minimum absolute atomic E-state index is 0.288. The Morgan fingerprint density at radius 2 is 1.62 bits per heavy atom. The summed E-state index contributed by atoms with van der Waals surface area (Å²) in [5, 5.41) is 5.60. The number of ether oxygens (including phenoxy) is 3. The molecule has 0 unspecified atom stereocenters. The van der Waals surface area contributed by atoms with Gasteiger partial charge in [-0.05, 0) is 47.9 Å². The quantitative estimate of drug-likeness (QED) is 0.353. The molecule has 0 fully saturated rings. The van der Waals surface area contributed by atoms with Crippen LogP contribution in [0.5, 0.6) is 23.0 Å². The molecular formula is C25H17Cl2NO4. The van der Waals surface area contributed by atoms with Crippen LogP contribution >= 0.6 is 23.2 Å². The Morgan fingerprint density at radius 3 is 2.47 bits per heavy atom. The summed E-state index contributed by atoms with van der Waals surface area (Å²) in [4.78, 5) is 12.7. The van der Waals surface area contributed by atoms with E-state index in [1.807, 2.05) is 30.3 Å². The van der Waals surface area contributed by atoms with Gasteiger partial charge in [0.25, 0.3) is 5.91 Å². The summed E-state index contributed by atoms with van der Waals surface area (Å²) in [6.45, 7) is 0.951. The lowest BCUT2D eigenvalue weighted by molar-refractivity contribution is 0.102. The van der Waals surface area contributed by atoms with E-state index < -0.39 is 0 Å². The van der Waals surface area contributed by atoms with Crippen molar-refractivity contribution in [2.45, 2.75) is 0 Å². The molecule has 1 N–H and O–H groups in total. The number of carbonyl (C=O) groups is 1. The molecule has 4 aromatic rings. The number of hydrogen-bond acceptors (Lipinski definition) is 4. The number of benzene rings is 4. The third-order valence-corrected chi connectivity index (χ3v) is 5.73. The first-order chi connectivity index (χ1) is 15.6. The lowest BCUT2D eigenvalue weighted by Crippen LogP contribution is -2.17. The van der Waals surface area contributed by atoms with E-state index in [1.165, 1.54) is 0 Å². The fraction of sp³-hybridized carbons (Fsp3) is 0.0800. The van der Waals surface area contributed by atoms with Crippen molar-refractivity contribution in [3.8, 4) is 23.0 Å². The van der Waals surface area contributed by atoms with Gasteiger partial charge in [0.1, 0.15) is 24.7 Å². The van der Waals surface area contributed by atoms with Crippen LogP contribution in [0.25, 0.3) is 10.8 Å². The Bertz CT molecular complexity index is 1340. The number of fused-ring (bicyclic) bond motifs is 2. The van der Waals surface area contributed by atoms with Gasteiger partial charge in [-0.3, -0.25) is 4.79 Å². The SMILES string of the molecule is O=C(Nc1ccc(Oc2ccc3ccccc3c2Cl)c(Cl)c1)c1ccc2c(c1)OCCO2. The van der Waals surface area contributed by atoms with Gasteiger partial charge in [-0.25, -0.2) is 0 Å². The molecule has 0 bridgehead atoms. The van der Waals surface area contributed by atoms with Gasteiger partial charge in [-0.15, -0.1) is 0 Å². The van der Waals surface area contributed by atoms with Crippen LogP contribution in [0.3, 0.4) is 0 Å². The number of carbonyl (C=O) groups excluding carboxylic acids is 1. The topological polar surface area (TPSA) is 56.8 Å². The van der Waals surface area contributed by atoms with Gasteiger partial charge >= 0.3 is 0 Å². The van der Waals surface area contributed by atoms with Crippen LogP contribution in [0.4, 0.5) is 5.69 Å². The van der Waals surface area contributed by atoms with Gasteiger partial charge in [0, 0.05) is 16.6 Å². The summed E-state index contributed by atoms with van der Waals surface area (Å²) in [7, 11) is 0. The van der Waals surface area contributed by atoms with E-state index in [0.717, 1.165) is 10.8 Å². The number of halogens is 2. The highest BCUT2D eigenvalue weighted by Crippen LogP contribution is 2.38. The molecular weight excluding hydrogens is 449 g/mol. The van der Waals surface area contributed by atoms with E-state index in [2.05, 4.69) is 5.32 Å². The predicted octanol–water partition coefficient (Wildman–Crippen LogP) is 6.96. The second-order valence-electron chi connectivity index (χ2n) is 7.16.